The van der Waals surface area contributed by atoms with Crippen LogP contribution >= 0.6 is 0 Å². The van der Waals surface area contributed by atoms with Crippen LogP contribution in [0.2, 0.25) is 0 Å². The maximum absolute atomic E-state index is 13.4. The topological polar surface area (TPSA) is 67.2 Å². The molecule has 154 valence electrons. The quantitative estimate of drug-likeness (QED) is 0.705. The van der Waals surface area contributed by atoms with Gasteiger partial charge in [-0.05, 0) is 35.9 Å². The second-order valence-corrected chi connectivity index (χ2v) is 7.91. The van der Waals surface area contributed by atoms with Crippen molar-refractivity contribution in [3.8, 4) is 11.3 Å². The van der Waals surface area contributed by atoms with Gasteiger partial charge in [-0.25, -0.2) is 8.78 Å². The van der Waals surface area contributed by atoms with Crippen LogP contribution in [0, 0.1) is 0 Å². The number of carbonyl (C=O) groups excluding carboxylic acids is 2. The second-order valence-electron chi connectivity index (χ2n) is 7.91. The molecule has 30 heavy (non-hydrogen) atoms. The Morgan fingerprint density at radius 3 is 2.67 bits per heavy atom. The molecule has 8 heteroatoms. The van der Waals surface area contributed by atoms with Crippen molar-refractivity contribution in [1.29, 1.82) is 0 Å². The van der Waals surface area contributed by atoms with Crippen LogP contribution in [-0.4, -0.2) is 45.5 Å². The number of carbonyl (C=O) groups is 2. The number of halogens is 2. The Labute approximate surface area is 171 Å². The average Bonchev–Trinajstić information content (AvgIpc) is 3.27. The summed E-state index contributed by atoms with van der Waals surface area (Å²) in [4.78, 5) is 26.1. The molecule has 1 N–H and O–H groups in total. The Balaban J connectivity index is 1.48. The fourth-order valence-electron chi connectivity index (χ4n) is 4.20. The number of alkyl halides is 2. The summed E-state index contributed by atoms with van der Waals surface area (Å²) < 4.78 is 28.5. The van der Waals surface area contributed by atoms with Crippen LogP contribution < -0.4 is 5.32 Å². The van der Waals surface area contributed by atoms with E-state index in [4.69, 9.17) is 0 Å². The molecule has 0 spiro atoms. The number of fused-ring (bicyclic) bond motifs is 2. The van der Waals surface area contributed by atoms with Gasteiger partial charge >= 0.3 is 0 Å². The van der Waals surface area contributed by atoms with Gasteiger partial charge in [0, 0.05) is 61.6 Å². The third kappa shape index (κ3) is 3.03. The van der Waals surface area contributed by atoms with Gasteiger partial charge in [0.05, 0.1) is 5.52 Å². The van der Waals surface area contributed by atoms with Crippen molar-refractivity contribution in [2.75, 3.05) is 13.1 Å². The van der Waals surface area contributed by atoms with Gasteiger partial charge < -0.3 is 10.2 Å². The molecule has 0 bridgehead atoms. The summed E-state index contributed by atoms with van der Waals surface area (Å²) in [6.45, 7) is 0.616. The standard InChI is InChI=1S/C22H20F2N4O2/c1-27-18-11-14(21(30)28-8-6-22(23,24)7-9-28)3-5-17(18)19(26-27)13-2-4-16-15(10-13)12-25-20(16)29/h2-5,10-11H,6-9,12H2,1H3,(H,25,29). The van der Waals surface area contributed by atoms with Gasteiger partial charge in [0.25, 0.3) is 17.7 Å². The molecule has 1 saturated heterocycles. The molecule has 5 rings (SSSR count). The van der Waals surface area contributed by atoms with Crippen molar-refractivity contribution < 1.29 is 18.4 Å². The minimum atomic E-state index is -2.69. The van der Waals surface area contributed by atoms with Gasteiger partial charge in [-0.1, -0.05) is 6.07 Å². The number of nitrogens with one attached hydrogen (secondary N) is 1. The Hall–Kier alpha value is -3.29. The number of piperidine rings is 1. The van der Waals surface area contributed by atoms with Crippen molar-refractivity contribution in [2.24, 2.45) is 7.05 Å². The van der Waals surface area contributed by atoms with Gasteiger partial charge in [-0.2, -0.15) is 5.10 Å². The van der Waals surface area contributed by atoms with E-state index in [0.29, 0.717) is 17.7 Å². The number of nitrogens with zero attached hydrogens (tertiary/aromatic N) is 3. The molecule has 0 unspecified atom stereocenters. The van der Waals surface area contributed by atoms with Crippen LogP contribution in [0.1, 0.15) is 39.1 Å². The lowest BCUT2D eigenvalue weighted by Gasteiger charge is -2.31. The van der Waals surface area contributed by atoms with Crippen LogP contribution in [0.3, 0.4) is 0 Å². The summed E-state index contributed by atoms with van der Waals surface area (Å²) in [6, 6.07) is 11.0. The lowest BCUT2D eigenvalue weighted by molar-refractivity contribution is -0.0494. The number of benzene rings is 2. The smallest absolute Gasteiger partial charge is 0.253 e. The Morgan fingerprint density at radius 1 is 1.13 bits per heavy atom. The highest BCUT2D eigenvalue weighted by molar-refractivity contribution is 6.02. The van der Waals surface area contributed by atoms with E-state index in [1.165, 1.54) is 4.90 Å². The number of aryl methyl sites for hydroxylation is 1. The lowest BCUT2D eigenvalue weighted by atomic mass is 10.0. The normalized spacial score (nSPS) is 17.8. The van der Waals surface area contributed by atoms with E-state index in [1.54, 1.807) is 29.9 Å². The van der Waals surface area contributed by atoms with Crippen LogP contribution in [0.5, 0.6) is 0 Å². The predicted octanol–water partition coefficient (Wildman–Crippen LogP) is 3.36. The highest BCUT2D eigenvalue weighted by Crippen LogP contribution is 2.32. The average molecular weight is 410 g/mol. The number of likely N-dealkylation sites (tertiary alicyclic amines) is 1. The third-order valence-electron chi connectivity index (χ3n) is 5.94. The molecule has 3 heterocycles. The SMILES string of the molecule is Cn1nc(-c2ccc3c(c2)CNC3=O)c2ccc(C(=O)N3CCC(F)(F)CC3)cc21. The van der Waals surface area contributed by atoms with E-state index in [-0.39, 0.29) is 37.7 Å². The largest absolute Gasteiger partial charge is 0.348 e. The zero-order chi connectivity index (χ0) is 21.0. The summed E-state index contributed by atoms with van der Waals surface area (Å²) in [6.07, 6.45) is -0.598. The number of amides is 2. The Kier molecular flexibility index (Phi) is 4.13. The monoisotopic (exact) mass is 410 g/mol. The minimum absolute atomic E-state index is 0.0579. The fraction of sp³-hybridized carbons (Fsp3) is 0.318. The maximum Gasteiger partial charge on any atom is 0.253 e. The first kappa shape index (κ1) is 18.7. The van der Waals surface area contributed by atoms with Crippen molar-refractivity contribution in [1.82, 2.24) is 20.0 Å². The molecule has 2 aliphatic rings. The summed E-state index contributed by atoms with van der Waals surface area (Å²) >= 11 is 0. The molecule has 1 aromatic heterocycles. The van der Waals surface area contributed by atoms with E-state index in [2.05, 4.69) is 10.4 Å². The Morgan fingerprint density at radius 2 is 1.90 bits per heavy atom. The van der Waals surface area contributed by atoms with Crippen LogP contribution in [0.4, 0.5) is 8.78 Å². The second kappa shape index (κ2) is 6.62. The molecule has 0 radical (unpaired) electrons. The lowest BCUT2D eigenvalue weighted by Crippen LogP contribution is -2.42. The van der Waals surface area contributed by atoms with Crippen molar-refractivity contribution in [2.45, 2.75) is 25.3 Å². The van der Waals surface area contributed by atoms with Crippen LogP contribution in [0.15, 0.2) is 36.4 Å². The summed E-state index contributed by atoms with van der Waals surface area (Å²) in [5.41, 5.74) is 4.53. The van der Waals surface area contributed by atoms with E-state index in [1.807, 2.05) is 18.2 Å². The molecule has 2 aliphatic heterocycles. The molecule has 0 saturated carbocycles. The first-order valence-electron chi connectivity index (χ1n) is 9.88. The molecule has 0 atom stereocenters. The predicted molar refractivity (Wildman–Crippen MR) is 107 cm³/mol. The zero-order valence-corrected chi connectivity index (χ0v) is 16.4. The van der Waals surface area contributed by atoms with Crippen molar-refractivity contribution >= 4 is 22.7 Å². The van der Waals surface area contributed by atoms with Crippen molar-refractivity contribution in [3.63, 3.8) is 0 Å². The molecule has 2 aromatic carbocycles. The summed E-state index contributed by atoms with van der Waals surface area (Å²) in [7, 11) is 1.81. The van der Waals surface area contributed by atoms with E-state index >= 15 is 0 Å². The molecule has 3 aromatic rings. The molecular weight excluding hydrogens is 390 g/mol. The summed E-state index contributed by atoms with van der Waals surface area (Å²) in [5, 5.41) is 8.32. The number of hydrogen-bond acceptors (Lipinski definition) is 3. The van der Waals surface area contributed by atoms with Gasteiger partial charge in [-0.3, -0.25) is 14.3 Å². The first-order chi connectivity index (χ1) is 14.3. The number of hydrogen-bond donors (Lipinski definition) is 1. The van der Waals surface area contributed by atoms with Crippen LogP contribution in [0.25, 0.3) is 22.2 Å². The molecule has 2 amide bonds. The van der Waals surface area contributed by atoms with Crippen LogP contribution in [-0.2, 0) is 13.6 Å². The van der Waals surface area contributed by atoms with E-state index in [9.17, 15) is 18.4 Å². The van der Waals surface area contributed by atoms with Crippen molar-refractivity contribution in [3.05, 3.63) is 53.1 Å². The third-order valence-corrected chi connectivity index (χ3v) is 5.94. The van der Waals surface area contributed by atoms with Gasteiger partial charge in [0.15, 0.2) is 0 Å². The molecule has 1 fully saturated rings. The molecule has 6 nitrogen and oxygen atoms in total. The number of rotatable bonds is 2. The number of aromatic nitrogens is 2. The molecular formula is C22H20F2N4O2. The highest BCUT2D eigenvalue weighted by Gasteiger charge is 2.35. The highest BCUT2D eigenvalue weighted by atomic mass is 19.3. The fourth-order valence-corrected chi connectivity index (χ4v) is 4.20. The van der Waals surface area contributed by atoms with E-state index in [0.717, 1.165) is 27.7 Å². The van der Waals surface area contributed by atoms with Gasteiger partial charge in [-0.15, -0.1) is 0 Å². The van der Waals surface area contributed by atoms with Gasteiger partial charge in [0.2, 0.25) is 0 Å². The molecule has 0 aliphatic carbocycles. The van der Waals surface area contributed by atoms with E-state index < -0.39 is 5.92 Å². The minimum Gasteiger partial charge on any atom is -0.348 e. The summed E-state index contributed by atoms with van der Waals surface area (Å²) in [5.74, 6) is -2.99. The zero-order valence-electron chi connectivity index (χ0n) is 16.4. The maximum atomic E-state index is 13.4. The Bertz CT molecular complexity index is 1190. The first-order valence-corrected chi connectivity index (χ1v) is 9.88. The van der Waals surface area contributed by atoms with Gasteiger partial charge in [0.1, 0.15) is 5.69 Å².